The van der Waals surface area contributed by atoms with E-state index in [9.17, 15) is 13.2 Å². The Morgan fingerprint density at radius 1 is 1.10 bits per heavy atom. The van der Waals surface area contributed by atoms with Crippen LogP contribution in [0.15, 0.2) is 23.1 Å². The summed E-state index contributed by atoms with van der Waals surface area (Å²) in [6.07, 6.45) is 2.96. The molecule has 170 valence electrons. The largest absolute Gasteiger partial charge is 0.493 e. The number of nitrogens with zero attached hydrogens (tertiary/aromatic N) is 3. The van der Waals surface area contributed by atoms with E-state index in [0.717, 1.165) is 19.3 Å². The number of benzene rings is 1. The molecule has 0 unspecified atom stereocenters. The van der Waals surface area contributed by atoms with E-state index in [2.05, 4.69) is 10.4 Å². The van der Waals surface area contributed by atoms with Gasteiger partial charge in [0.2, 0.25) is 15.9 Å². The van der Waals surface area contributed by atoms with Crippen LogP contribution < -0.4 is 14.8 Å². The van der Waals surface area contributed by atoms with Gasteiger partial charge in [-0.25, -0.2) is 8.42 Å². The lowest BCUT2D eigenvalue weighted by molar-refractivity contribution is -0.116. The van der Waals surface area contributed by atoms with Crippen LogP contribution in [0.1, 0.15) is 37.1 Å². The van der Waals surface area contributed by atoms with Crippen molar-refractivity contribution in [2.45, 2.75) is 51.0 Å². The van der Waals surface area contributed by atoms with E-state index in [1.54, 1.807) is 48.1 Å². The summed E-state index contributed by atoms with van der Waals surface area (Å²) >= 11 is 0. The van der Waals surface area contributed by atoms with Crippen LogP contribution >= 0.6 is 0 Å². The summed E-state index contributed by atoms with van der Waals surface area (Å²) in [6, 6.07) is 5.13. The molecule has 0 bridgehead atoms. The standard InChI is InChI=1S/C21H30N4O5S/c1-15-21(31(27,28)24-11-6-5-7-12-24)16(2)25(23-15)13-10-20(26)22-17-8-9-18(29-3)19(14-17)30-4/h8-9,14H,5-7,10-13H2,1-4H3,(H,22,26). The van der Waals surface area contributed by atoms with Crippen molar-refractivity contribution < 1.29 is 22.7 Å². The smallest absolute Gasteiger partial charge is 0.246 e. The average Bonchev–Trinajstić information content (AvgIpc) is 3.06. The zero-order valence-corrected chi connectivity index (χ0v) is 19.3. The van der Waals surface area contributed by atoms with Crippen LogP contribution in [-0.2, 0) is 21.4 Å². The van der Waals surface area contributed by atoms with Crippen molar-refractivity contribution in [3.63, 3.8) is 0 Å². The first-order valence-corrected chi connectivity index (χ1v) is 11.8. The van der Waals surface area contributed by atoms with Gasteiger partial charge in [0.1, 0.15) is 4.90 Å². The van der Waals surface area contributed by atoms with Gasteiger partial charge in [0.25, 0.3) is 0 Å². The minimum Gasteiger partial charge on any atom is -0.493 e. The minimum atomic E-state index is -3.58. The SMILES string of the molecule is COc1ccc(NC(=O)CCn2nc(C)c(S(=O)(=O)N3CCCCC3)c2C)cc1OC. The molecule has 1 aliphatic heterocycles. The van der Waals surface area contributed by atoms with Crippen molar-refractivity contribution in [1.29, 1.82) is 0 Å². The number of aromatic nitrogens is 2. The first-order chi connectivity index (χ1) is 14.8. The molecule has 0 atom stereocenters. The van der Waals surface area contributed by atoms with Crippen LogP contribution in [0.5, 0.6) is 11.5 Å². The molecular formula is C21H30N4O5S. The monoisotopic (exact) mass is 450 g/mol. The minimum absolute atomic E-state index is 0.152. The lowest BCUT2D eigenvalue weighted by Gasteiger charge is -2.26. The van der Waals surface area contributed by atoms with Crippen LogP contribution in [-0.4, -0.2) is 55.7 Å². The zero-order chi connectivity index (χ0) is 22.6. The van der Waals surface area contributed by atoms with Crippen LogP contribution in [0.2, 0.25) is 0 Å². The van der Waals surface area contributed by atoms with Gasteiger partial charge >= 0.3 is 0 Å². The molecule has 1 aromatic heterocycles. The van der Waals surface area contributed by atoms with E-state index in [-0.39, 0.29) is 23.8 Å². The third-order valence-corrected chi connectivity index (χ3v) is 7.60. The number of hydrogen-bond donors (Lipinski definition) is 1. The molecule has 1 aliphatic rings. The molecule has 3 rings (SSSR count). The van der Waals surface area contributed by atoms with Crippen molar-refractivity contribution in [3.05, 3.63) is 29.6 Å². The number of anilines is 1. The van der Waals surface area contributed by atoms with E-state index >= 15 is 0 Å². The van der Waals surface area contributed by atoms with Crippen LogP contribution in [0, 0.1) is 13.8 Å². The number of nitrogens with one attached hydrogen (secondary N) is 1. The Labute approximate surface area is 183 Å². The molecule has 1 amide bonds. The summed E-state index contributed by atoms with van der Waals surface area (Å²) < 4.78 is 39.8. The summed E-state index contributed by atoms with van der Waals surface area (Å²) in [7, 11) is -0.505. The van der Waals surface area contributed by atoms with Gasteiger partial charge in [-0.05, 0) is 38.8 Å². The first-order valence-electron chi connectivity index (χ1n) is 10.3. The number of methoxy groups -OCH3 is 2. The predicted molar refractivity (Wildman–Crippen MR) is 117 cm³/mol. The molecule has 0 saturated carbocycles. The molecular weight excluding hydrogens is 420 g/mol. The van der Waals surface area contributed by atoms with Crippen LogP contribution in [0.3, 0.4) is 0 Å². The Morgan fingerprint density at radius 3 is 2.42 bits per heavy atom. The fraction of sp³-hybridized carbons (Fsp3) is 0.524. The predicted octanol–water partition coefficient (Wildman–Crippen LogP) is 2.72. The van der Waals surface area contributed by atoms with Gasteiger partial charge in [-0.1, -0.05) is 6.42 Å². The highest BCUT2D eigenvalue weighted by atomic mass is 32.2. The Balaban J connectivity index is 1.68. The number of piperidine rings is 1. The lowest BCUT2D eigenvalue weighted by Crippen LogP contribution is -2.36. The second-order valence-electron chi connectivity index (χ2n) is 7.56. The Bertz CT molecular complexity index is 1040. The average molecular weight is 451 g/mol. The van der Waals surface area contributed by atoms with Crippen molar-refractivity contribution >= 4 is 21.6 Å². The number of aryl methyl sites for hydroxylation is 2. The molecule has 9 nitrogen and oxygen atoms in total. The number of carbonyl (C=O) groups excluding carboxylic acids is 1. The molecule has 31 heavy (non-hydrogen) atoms. The molecule has 10 heteroatoms. The number of ether oxygens (including phenoxy) is 2. The molecule has 1 aromatic carbocycles. The van der Waals surface area contributed by atoms with Gasteiger partial charge in [-0.15, -0.1) is 0 Å². The van der Waals surface area contributed by atoms with Gasteiger partial charge in [-0.3, -0.25) is 9.48 Å². The number of sulfonamides is 1. The van der Waals surface area contributed by atoms with E-state index < -0.39 is 10.0 Å². The summed E-state index contributed by atoms with van der Waals surface area (Å²) in [5.74, 6) is 0.886. The number of carbonyl (C=O) groups is 1. The van der Waals surface area contributed by atoms with E-state index in [1.165, 1.54) is 7.11 Å². The maximum absolute atomic E-state index is 13.1. The molecule has 0 aliphatic carbocycles. The number of rotatable bonds is 8. The summed E-state index contributed by atoms with van der Waals surface area (Å²) in [5, 5.41) is 7.21. The fourth-order valence-electron chi connectivity index (χ4n) is 3.85. The van der Waals surface area contributed by atoms with Crippen molar-refractivity contribution in [2.24, 2.45) is 0 Å². The van der Waals surface area contributed by atoms with E-state index in [0.29, 0.717) is 41.7 Å². The molecule has 0 spiro atoms. The topological polar surface area (TPSA) is 103 Å². The molecule has 0 radical (unpaired) electrons. The summed E-state index contributed by atoms with van der Waals surface area (Å²) in [5.41, 5.74) is 1.61. The van der Waals surface area contributed by atoms with Crippen molar-refractivity contribution in [3.8, 4) is 11.5 Å². The van der Waals surface area contributed by atoms with Crippen LogP contribution in [0.25, 0.3) is 0 Å². The second kappa shape index (κ2) is 9.69. The molecule has 1 fully saturated rings. The van der Waals surface area contributed by atoms with Gasteiger partial charge in [0.15, 0.2) is 11.5 Å². The normalized spacial score (nSPS) is 15.0. The third-order valence-electron chi connectivity index (χ3n) is 5.45. The fourth-order valence-corrected chi connectivity index (χ4v) is 5.74. The maximum Gasteiger partial charge on any atom is 0.246 e. The lowest BCUT2D eigenvalue weighted by atomic mass is 10.2. The summed E-state index contributed by atoms with van der Waals surface area (Å²) in [4.78, 5) is 12.7. The number of hydrogen-bond acceptors (Lipinski definition) is 6. The number of amides is 1. The van der Waals surface area contributed by atoms with Gasteiger partial charge in [0.05, 0.1) is 32.2 Å². The zero-order valence-electron chi connectivity index (χ0n) is 18.5. The van der Waals surface area contributed by atoms with Crippen LogP contribution in [0.4, 0.5) is 5.69 Å². The third kappa shape index (κ3) is 5.01. The summed E-state index contributed by atoms with van der Waals surface area (Å²) in [6.45, 7) is 4.80. The highest BCUT2D eigenvalue weighted by molar-refractivity contribution is 7.89. The van der Waals surface area contributed by atoms with Gasteiger partial charge in [0, 0.05) is 31.3 Å². The molecule has 2 aromatic rings. The molecule has 1 saturated heterocycles. The quantitative estimate of drug-likeness (QED) is 0.663. The first kappa shape index (κ1) is 23.1. The van der Waals surface area contributed by atoms with Crippen molar-refractivity contribution in [1.82, 2.24) is 14.1 Å². The highest BCUT2D eigenvalue weighted by Gasteiger charge is 2.31. The van der Waals surface area contributed by atoms with Crippen molar-refractivity contribution in [2.75, 3.05) is 32.6 Å². The molecule has 2 heterocycles. The van der Waals surface area contributed by atoms with Gasteiger partial charge < -0.3 is 14.8 Å². The Kier molecular flexibility index (Phi) is 7.22. The van der Waals surface area contributed by atoms with E-state index in [1.807, 2.05) is 0 Å². The Hall–Kier alpha value is -2.59. The van der Waals surface area contributed by atoms with E-state index in [4.69, 9.17) is 9.47 Å². The molecule has 1 N–H and O–H groups in total. The highest BCUT2D eigenvalue weighted by Crippen LogP contribution is 2.30. The Morgan fingerprint density at radius 2 is 1.77 bits per heavy atom. The second-order valence-corrected chi connectivity index (χ2v) is 9.43. The van der Waals surface area contributed by atoms with Gasteiger partial charge in [-0.2, -0.15) is 9.40 Å². The maximum atomic E-state index is 13.1.